The fourth-order valence-electron chi connectivity index (χ4n) is 2.66. The Morgan fingerprint density at radius 2 is 2.18 bits per heavy atom. The second kappa shape index (κ2) is 7.60. The number of rotatable bonds is 7. The van der Waals surface area contributed by atoms with E-state index in [0.717, 1.165) is 17.7 Å². The summed E-state index contributed by atoms with van der Waals surface area (Å²) in [6.45, 7) is 5.32. The van der Waals surface area contributed by atoms with Crippen molar-refractivity contribution < 1.29 is 14.7 Å². The van der Waals surface area contributed by atoms with Gasteiger partial charge in [-0.2, -0.15) is 0 Å². The predicted molar refractivity (Wildman–Crippen MR) is 86.1 cm³/mol. The summed E-state index contributed by atoms with van der Waals surface area (Å²) >= 11 is 1.64. The molecule has 1 aliphatic rings. The first-order valence-corrected chi connectivity index (χ1v) is 8.40. The van der Waals surface area contributed by atoms with Crippen LogP contribution in [-0.2, 0) is 11.3 Å². The van der Waals surface area contributed by atoms with E-state index in [1.54, 1.807) is 11.3 Å². The highest BCUT2D eigenvalue weighted by atomic mass is 32.1. The molecular formula is C15H23N3O3S. The quantitative estimate of drug-likeness (QED) is 0.714. The Kier molecular flexibility index (Phi) is 5.79. The van der Waals surface area contributed by atoms with E-state index in [4.69, 9.17) is 5.11 Å². The molecule has 7 heteroatoms. The van der Waals surface area contributed by atoms with Gasteiger partial charge in [-0.1, -0.05) is 6.92 Å². The fourth-order valence-corrected chi connectivity index (χ4v) is 3.48. The number of aliphatic carboxylic acids is 1. The monoisotopic (exact) mass is 325 g/mol. The molecule has 1 aliphatic carbocycles. The molecule has 2 amide bonds. The molecule has 0 radical (unpaired) electrons. The summed E-state index contributed by atoms with van der Waals surface area (Å²) in [5.74, 6) is -0.803. The number of hydrogen-bond donors (Lipinski definition) is 3. The summed E-state index contributed by atoms with van der Waals surface area (Å²) in [6, 6.07) is 2.30. The number of nitrogens with one attached hydrogen (secondary N) is 2. The van der Waals surface area contributed by atoms with Gasteiger partial charge in [-0.15, -0.1) is 11.3 Å². The van der Waals surface area contributed by atoms with Crippen LogP contribution in [0.4, 0.5) is 4.79 Å². The highest BCUT2D eigenvalue weighted by Crippen LogP contribution is 2.25. The van der Waals surface area contributed by atoms with E-state index < -0.39 is 5.97 Å². The van der Waals surface area contributed by atoms with Gasteiger partial charge in [-0.25, -0.2) is 4.79 Å². The van der Waals surface area contributed by atoms with Crippen molar-refractivity contribution in [3.8, 4) is 0 Å². The molecule has 6 nitrogen and oxygen atoms in total. The maximum atomic E-state index is 11.8. The predicted octanol–water partition coefficient (Wildman–Crippen LogP) is 1.79. The van der Waals surface area contributed by atoms with Crippen LogP contribution in [0.15, 0.2) is 11.4 Å². The number of nitrogens with zero attached hydrogens (tertiary/aromatic N) is 1. The van der Waals surface area contributed by atoms with Gasteiger partial charge in [0.25, 0.3) is 0 Å². The van der Waals surface area contributed by atoms with Crippen molar-refractivity contribution in [3.63, 3.8) is 0 Å². The van der Waals surface area contributed by atoms with E-state index in [1.165, 1.54) is 5.56 Å². The number of urea groups is 1. The summed E-state index contributed by atoms with van der Waals surface area (Å²) < 4.78 is 0. The van der Waals surface area contributed by atoms with Crippen LogP contribution in [0, 0.1) is 6.92 Å². The Bertz CT molecular complexity index is 526. The van der Waals surface area contributed by atoms with Gasteiger partial charge in [-0.05, 0) is 43.3 Å². The first-order chi connectivity index (χ1) is 10.5. The molecule has 0 spiro atoms. The van der Waals surface area contributed by atoms with Crippen LogP contribution < -0.4 is 10.6 Å². The zero-order valence-electron chi connectivity index (χ0n) is 13.0. The lowest BCUT2D eigenvalue weighted by Crippen LogP contribution is -2.56. The molecule has 3 N–H and O–H groups in total. The number of amides is 2. The molecule has 122 valence electrons. The van der Waals surface area contributed by atoms with Gasteiger partial charge >= 0.3 is 12.0 Å². The van der Waals surface area contributed by atoms with Gasteiger partial charge in [0, 0.05) is 17.0 Å². The zero-order valence-corrected chi connectivity index (χ0v) is 13.8. The lowest BCUT2D eigenvalue weighted by molar-refractivity contribution is -0.139. The normalized spacial score (nSPS) is 20.5. The zero-order chi connectivity index (χ0) is 16.1. The lowest BCUT2D eigenvalue weighted by atomic mass is 9.85. The van der Waals surface area contributed by atoms with Crippen LogP contribution >= 0.6 is 11.3 Å². The van der Waals surface area contributed by atoms with Crippen LogP contribution in [0.25, 0.3) is 0 Å². The molecule has 0 bridgehead atoms. The molecule has 1 aromatic heterocycles. The van der Waals surface area contributed by atoms with E-state index >= 15 is 0 Å². The number of aryl methyl sites for hydroxylation is 1. The summed E-state index contributed by atoms with van der Waals surface area (Å²) in [4.78, 5) is 25.7. The van der Waals surface area contributed by atoms with Crippen LogP contribution in [0.5, 0.6) is 0 Å². The third-order valence-corrected chi connectivity index (χ3v) is 4.97. The highest BCUT2D eigenvalue weighted by molar-refractivity contribution is 7.10. The van der Waals surface area contributed by atoms with Crippen molar-refractivity contribution in [3.05, 3.63) is 21.9 Å². The molecular weight excluding hydrogens is 302 g/mol. The fraction of sp³-hybridized carbons (Fsp3) is 0.600. The average molecular weight is 325 g/mol. The van der Waals surface area contributed by atoms with E-state index in [-0.39, 0.29) is 24.7 Å². The highest BCUT2D eigenvalue weighted by Gasteiger charge is 2.34. The molecule has 2 rings (SSSR count). The van der Waals surface area contributed by atoms with Crippen molar-refractivity contribution >= 4 is 23.3 Å². The van der Waals surface area contributed by atoms with Gasteiger partial charge in [0.1, 0.15) is 0 Å². The molecule has 1 saturated carbocycles. The Morgan fingerprint density at radius 3 is 2.73 bits per heavy atom. The van der Waals surface area contributed by atoms with Crippen molar-refractivity contribution in [1.82, 2.24) is 15.5 Å². The number of carboxylic acids is 1. The van der Waals surface area contributed by atoms with E-state index in [0.29, 0.717) is 13.1 Å². The molecule has 1 aromatic rings. The van der Waals surface area contributed by atoms with Crippen molar-refractivity contribution in [2.45, 2.75) is 45.3 Å². The molecule has 0 unspecified atom stereocenters. The Morgan fingerprint density at radius 1 is 1.45 bits per heavy atom. The molecule has 22 heavy (non-hydrogen) atoms. The number of thiophene rings is 1. The number of hydrogen-bond acceptors (Lipinski definition) is 4. The van der Waals surface area contributed by atoms with Gasteiger partial charge < -0.3 is 15.7 Å². The number of carbonyl (C=O) groups excluding carboxylic acids is 1. The maximum absolute atomic E-state index is 11.8. The first-order valence-electron chi connectivity index (χ1n) is 7.52. The van der Waals surface area contributed by atoms with Crippen molar-refractivity contribution in [2.75, 3.05) is 13.1 Å². The molecule has 1 fully saturated rings. The van der Waals surface area contributed by atoms with Crippen LogP contribution in [-0.4, -0.2) is 47.2 Å². The Hall–Kier alpha value is -1.60. The topological polar surface area (TPSA) is 81.7 Å². The lowest BCUT2D eigenvalue weighted by Gasteiger charge is -2.42. The largest absolute Gasteiger partial charge is 0.480 e. The van der Waals surface area contributed by atoms with E-state index in [9.17, 15) is 9.59 Å². The van der Waals surface area contributed by atoms with Gasteiger partial charge in [0.15, 0.2) is 0 Å². The molecule has 0 aliphatic heterocycles. The minimum atomic E-state index is -0.803. The minimum Gasteiger partial charge on any atom is -0.480 e. The molecule has 0 atom stereocenters. The number of likely N-dealkylation sites (N-methyl/N-ethyl adjacent to an activating group) is 1. The smallest absolute Gasteiger partial charge is 0.317 e. The molecule has 0 saturated heterocycles. The molecule has 1 heterocycles. The summed E-state index contributed by atoms with van der Waals surface area (Å²) in [7, 11) is 0. The van der Waals surface area contributed by atoms with Crippen molar-refractivity contribution in [2.24, 2.45) is 0 Å². The van der Waals surface area contributed by atoms with Gasteiger partial charge in [-0.3, -0.25) is 9.69 Å². The number of carboxylic acid groups (broad SMARTS) is 1. The molecule has 0 aromatic carbocycles. The van der Waals surface area contributed by atoms with Gasteiger partial charge in [0.2, 0.25) is 0 Å². The van der Waals surface area contributed by atoms with E-state index in [2.05, 4.69) is 22.1 Å². The van der Waals surface area contributed by atoms with Crippen molar-refractivity contribution in [1.29, 1.82) is 0 Å². The SMILES string of the molecule is CCN(CC(=O)O)C1CC(NC(=O)NCc2cc(C)cs2)C1. The second-order valence-electron chi connectivity index (χ2n) is 5.70. The van der Waals surface area contributed by atoms with E-state index in [1.807, 2.05) is 18.7 Å². The van der Waals surface area contributed by atoms with Crippen LogP contribution in [0.1, 0.15) is 30.2 Å². The first kappa shape index (κ1) is 16.8. The third-order valence-electron chi connectivity index (χ3n) is 3.92. The van der Waals surface area contributed by atoms with Crippen LogP contribution in [0.2, 0.25) is 0 Å². The summed E-state index contributed by atoms with van der Waals surface area (Å²) in [6.07, 6.45) is 1.62. The maximum Gasteiger partial charge on any atom is 0.317 e. The third kappa shape index (κ3) is 4.71. The Labute approximate surface area is 134 Å². The van der Waals surface area contributed by atoms with Crippen LogP contribution in [0.3, 0.4) is 0 Å². The number of carbonyl (C=O) groups is 2. The average Bonchev–Trinajstić information content (AvgIpc) is 2.83. The minimum absolute atomic E-state index is 0.0673. The second-order valence-corrected chi connectivity index (χ2v) is 6.69. The van der Waals surface area contributed by atoms with Gasteiger partial charge in [0.05, 0.1) is 13.1 Å². The summed E-state index contributed by atoms with van der Waals surface area (Å²) in [5.41, 5.74) is 1.21. The standard InChI is InChI=1S/C15H23N3O3S/c1-3-18(8-14(19)20)12-5-11(6-12)17-15(21)16-7-13-4-10(2)9-22-13/h4,9,11-12H,3,5-8H2,1-2H3,(H,19,20)(H2,16,17,21). The Balaban J connectivity index is 1.66. The summed E-state index contributed by atoms with van der Waals surface area (Å²) in [5, 5.41) is 16.7.